The smallest absolute Gasteiger partial charge is 0.160 e. The van der Waals surface area contributed by atoms with Crippen LogP contribution in [-0.4, -0.2) is 9.97 Å². The molecule has 8 rings (SSSR count). The second kappa shape index (κ2) is 10.8. The first kappa shape index (κ1) is 25.3. The number of hydrogen-bond donors (Lipinski definition) is 0. The Hall–Kier alpha value is -5.38. The summed E-state index contributed by atoms with van der Waals surface area (Å²) in [4.78, 5) is 10.2. The molecule has 2 aromatic heterocycles. The van der Waals surface area contributed by atoms with Crippen molar-refractivity contribution in [2.45, 2.75) is 0 Å². The van der Waals surface area contributed by atoms with Gasteiger partial charge in [-0.05, 0) is 34.4 Å². The zero-order valence-electron chi connectivity index (χ0n) is 23.3. The minimum atomic E-state index is 0.727. The molecule has 0 spiro atoms. The summed E-state index contributed by atoms with van der Waals surface area (Å²) in [6.07, 6.45) is 0. The Morgan fingerprint density at radius 3 is 1.65 bits per heavy atom. The normalized spacial score (nSPS) is 11.3. The molecule has 202 valence electrons. The Labute approximate surface area is 254 Å². The highest BCUT2D eigenvalue weighted by Crippen LogP contribution is 2.45. The van der Waals surface area contributed by atoms with E-state index in [-0.39, 0.29) is 0 Å². The third-order valence-corrected chi connectivity index (χ3v) is 9.14. The number of nitrogens with zero attached hydrogens (tertiary/aromatic N) is 2. The first-order valence-corrected chi connectivity index (χ1v) is 15.2. The quantitative estimate of drug-likeness (QED) is 0.207. The Morgan fingerprint density at radius 2 is 0.930 bits per heavy atom. The van der Waals surface area contributed by atoms with Crippen molar-refractivity contribution in [3.63, 3.8) is 0 Å². The molecule has 0 N–H and O–H groups in total. The number of hydrogen-bond acceptors (Lipinski definition) is 3. The van der Waals surface area contributed by atoms with Crippen molar-refractivity contribution < 1.29 is 0 Å². The van der Waals surface area contributed by atoms with Crippen LogP contribution in [0.3, 0.4) is 0 Å². The van der Waals surface area contributed by atoms with Gasteiger partial charge in [0.1, 0.15) is 0 Å². The fourth-order valence-electron chi connectivity index (χ4n) is 5.80. The zero-order valence-corrected chi connectivity index (χ0v) is 24.1. The van der Waals surface area contributed by atoms with Crippen LogP contribution in [0.2, 0.25) is 0 Å². The van der Waals surface area contributed by atoms with Gasteiger partial charge in [0, 0.05) is 36.9 Å². The summed E-state index contributed by atoms with van der Waals surface area (Å²) in [7, 11) is 0. The van der Waals surface area contributed by atoms with Crippen molar-refractivity contribution in [3.8, 4) is 56.2 Å². The third kappa shape index (κ3) is 4.70. The first-order valence-electron chi connectivity index (χ1n) is 14.4. The number of thiophene rings is 1. The molecule has 0 radical (unpaired) electrons. The van der Waals surface area contributed by atoms with E-state index in [4.69, 9.17) is 9.97 Å². The molecule has 0 aliphatic carbocycles. The number of benzene rings is 6. The summed E-state index contributed by atoms with van der Waals surface area (Å²) < 4.78 is 2.54. The molecule has 0 unspecified atom stereocenters. The highest BCUT2D eigenvalue weighted by molar-refractivity contribution is 7.26. The molecule has 0 saturated heterocycles. The molecule has 8 aromatic rings. The lowest BCUT2D eigenvalue weighted by Gasteiger charge is -2.12. The maximum atomic E-state index is 5.18. The van der Waals surface area contributed by atoms with E-state index in [1.807, 2.05) is 35.6 Å². The van der Waals surface area contributed by atoms with Gasteiger partial charge in [0.2, 0.25) is 0 Å². The predicted octanol–water partition coefficient (Wildman–Crippen LogP) is 11.2. The highest BCUT2D eigenvalue weighted by atomic mass is 32.1. The summed E-state index contributed by atoms with van der Waals surface area (Å²) in [5.41, 5.74) is 9.92. The van der Waals surface area contributed by atoms with Gasteiger partial charge >= 0.3 is 0 Å². The predicted molar refractivity (Wildman–Crippen MR) is 182 cm³/mol. The van der Waals surface area contributed by atoms with Crippen LogP contribution in [0.1, 0.15) is 0 Å². The van der Waals surface area contributed by atoms with E-state index in [0.717, 1.165) is 33.9 Å². The van der Waals surface area contributed by atoms with Gasteiger partial charge in [0.25, 0.3) is 0 Å². The maximum Gasteiger partial charge on any atom is 0.160 e. The highest BCUT2D eigenvalue weighted by Gasteiger charge is 2.18. The van der Waals surface area contributed by atoms with Crippen molar-refractivity contribution >= 4 is 31.5 Å². The lowest BCUT2D eigenvalue weighted by Crippen LogP contribution is -1.96. The molecule has 0 aliphatic heterocycles. The molecule has 0 bridgehead atoms. The Bertz CT molecular complexity index is 2140. The average molecular weight is 567 g/mol. The molecule has 3 heteroatoms. The van der Waals surface area contributed by atoms with Crippen LogP contribution < -0.4 is 0 Å². The molecular formula is C40H26N2S. The number of fused-ring (bicyclic) bond motifs is 3. The van der Waals surface area contributed by atoms with E-state index in [1.165, 1.54) is 42.4 Å². The van der Waals surface area contributed by atoms with E-state index >= 15 is 0 Å². The van der Waals surface area contributed by atoms with E-state index in [0.29, 0.717) is 0 Å². The van der Waals surface area contributed by atoms with Gasteiger partial charge in [-0.15, -0.1) is 11.3 Å². The van der Waals surface area contributed by atoms with E-state index in [2.05, 4.69) is 133 Å². The third-order valence-electron chi connectivity index (χ3n) is 7.93. The summed E-state index contributed by atoms with van der Waals surface area (Å²) in [5, 5.41) is 2.49. The van der Waals surface area contributed by atoms with Gasteiger partial charge in [-0.1, -0.05) is 146 Å². The summed E-state index contributed by atoms with van der Waals surface area (Å²) >= 11 is 1.85. The molecule has 0 atom stereocenters. The van der Waals surface area contributed by atoms with Gasteiger partial charge in [-0.25, -0.2) is 9.97 Å². The Balaban J connectivity index is 1.34. The van der Waals surface area contributed by atoms with Crippen LogP contribution in [0.5, 0.6) is 0 Å². The zero-order chi connectivity index (χ0) is 28.6. The van der Waals surface area contributed by atoms with Crippen molar-refractivity contribution in [3.05, 3.63) is 158 Å². The summed E-state index contributed by atoms with van der Waals surface area (Å²) in [6, 6.07) is 55.4. The van der Waals surface area contributed by atoms with Crippen molar-refractivity contribution in [2.24, 2.45) is 0 Å². The maximum absolute atomic E-state index is 5.18. The molecule has 6 aromatic carbocycles. The largest absolute Gasteiger partial charge is 0.228 e. The molecular weight excluding hydrogens is 541 g/mol. The van der Waals surface area contributed by atoms with E-state index in [9.17, 15) is 0 Å². The average Bonchev–Trinajstić information content (AvgIpc) is 3.49. The number of rotatable bonds is 5. The lowest BCUT2D eigenvalue weighted by molar-refractivity contribution is 1.19. The van der Waals surface area contributed by atoms with Gasteiger partial charge in [0.05, 0.1) is 11.4 Å². The Kier molecular flexibility index (Phi) is 6.36. The molecule has 2 heterocycles. The van der Waals surface area contributed by atoms with Crippen molar-refractivity contribution in [2.75, 3.05) is 0 Å². The van der Waals surface area contributed by atoms with Gasteiger partial charge in [-0.3, -0.25) is 0 Å². The molecule has 0 fully saturated rings. The fraction of sp³-hybridized carbons (Fsp3) is 0. The van der Waals surface area contributed by atoms with E-state index in [1.54, 1.807) is 0 Å². The van der Waals surface area contributed by atoms with Crippen LogP contribution in [-0.2, 0) is 0 Å². The van der Waals surface area contributed by atoms with Gasteiger partial charge in [-0.2, -0.15) is 0 Å². The topological polar surface area (TPSA) is 25.8 Å². The summed E-state index contributed by atoms with van der Waals surface area (Å²) in [5.74, 6) is 0.727. The second-order valence-corrected chi connectivity index (χ2v) is 11.7. The molecule has 43 heavy (non-hydrogen) atoms. The summed E-state index contributed by atoms with van der Waals surface area (Å²) in [6.45, 7) is 0. The Morgan fingerprint density at radius 1 is 0.395 bits per heavy atom. The second-order valence-electron chi connectivity index (χ2n) is 10.6. The molecule has 0 amide bonds. The van der Waals surface area contributed by atoms with Gasteiger partial charge < -0.3 is 0 Å². The monoisotopic (exact) mass is 566 g/mol. The van der Waals surface area contributed by atoms with E-state index < -0.39 is 0 Å². The van der Waals surface area contributed by atoms with Crippen molar-refractivity contribution in [1.29, 1.82) is 0 Å². The lowest BCUT2D eigenvalue weighted by atomic mass is 9.95. The molecule has 0 saturated carbocycles. The van der Waals surface area contributed by atoms with Crippen molar-refractivity contribution in [1.82, 2.24) is 9.97 Å². The van der Waals surface area contributed by atoms with Crippen LogP contribution in [0.25, 0.3) is 76.3 Å². The SMILES string of the molecule is c1ccc(-c2ccc(-c3ccc(-c4cc(-c5ccccc5)nc(-c5ccccc5)n4)c4c3sc3ccccc34)cc2)cc1. The minimum absolute atomic E-state index is 0.727. The standard InChI is InChI=1S/C40H26N2S/c1-4-12-27(13-5-1)28-20-22-29(23-21-28)32-24-25-33(38-34-18-10-11-19-37(34)43-39(32)38)36-26-35(30-14-6-2-7-15-30)41-40(42-36)31-16-8-3-9-17-31/h1-26H. The molecule has 2 nitrogen and oxygen atoms in total. The first-order chi connectivity index (χ1) is 21.3. The van der Waals surface area contributed by atoms with Crippen LogP contribution in [0, 0.1) is 0 Å². The van der Waals surface area contributed by atoms with Crippen LogP contribution in [0.4, 0.5) is 0 Å². The number of aromatic nitrogens is 2. The molecule has 0 aliphatic rings. The van der Waals surface area contributed by atoms with Gasteiger partial charge in [0.15, 0.2) is 5.82 Å². The van der Waals surface area contributed by atoms with Crippen LogP contribution in [0.15, 0.2) is 158 Å². The minimum Gasteiger partial charge on any atom is -0.228 e. The fourth-order valence-corrected chi connectivity index (χ4v) is 7.06. The van der Waals surface area contributed by atoms with Crippen LogP contribution >= 0.6 is 11.3 Å².